The van der Waals surface area contributed by atoms with Crippen molar-refractivity contribution in [2.75, 3.05) is 13.2 Å². The summed E-state index contributed by atoms with van der Waals surface area (Å²) in [5, 5.41) is 0. The van der Waals surface area contributed by atoms with E-state index in [-0.39, 0.29) is 10.1 Å². The number of unbranched alkanes of at least 4 members (excludes halogenated alkanes) is 6. The van der Waals surface area contributed by atoms with Crippen LogP contribution in [-0.4, -0.2) is 23.3 Å². The van der Waals surface area contributed by atoms with E-state index in [0.29, 0.717) is 12.3 Å². The molecular formula is C16H29IO3. The molecule has 0 bridgehead atoms. The third kappa shape index (κ3) is 8.45. The van der Waals surface area contributed by atoms with Crippen LogP contribution in [0.4, 0.5) is 0 Å². The van der Waals surface area contributed by atoms with Gasteiger partial charge in [0.2, 0.25) is 0 Å². The number of alkyl halides is 1. The fraction of sp³-hybridized carbons (Fsp3) is 0.938. The van der Waals surface area contributed by atoms with Crippen LogP contribution < -0.4 is 0 Å². The second-order valence-electron chi connectivity index (χ2n) is 5.66. The Balaban J connectivity index is 1.99. The molecule has 1 atom stereocenters. The van der Waals surface area contributed by atoms with E-state index in [1.807, 2.05) is 0 Å². The zero-order chi connectivity index (χ0) is 14.6. The zero-order valence-electron chi connectivity index (χ0n) is 12.7. The summed E-state index contributed by atoms with van der Waals surface area (Å²) in [7, 11) is 0. The first-order chi connectivity index (χ1) is 9.74. The van der Waals surface area contributed by atoms with Gasteiger partial charge in [-0.3, -0.25) is 4.79 Å². The van der Waals surface area contributed by atoms with Crippen LogP contribution >= 0.6 is 22.6 Å². The molecule has 1 heterocycles. The molecule has 4 heteroatoms. The highest BCUT2D eigenvalue weighted by molar-refractivity contribution is 14.1. The summed E-state index contributed by atoms with van der Waals surface area (Å²) >= 11 is 2.26. The van der Waals surface area contributed by atoms with Gasteiger partial charge in [0.1, 0.15) is 0 Å². The molecule has 1 unspecified atom stereocenters. The molecule has 1 fully saturated rings. The third-order valence-electron chi connectivity index (χ3n) is 3.87. The minimum atomic E-state index is -0.0237. The van der Waals surface area contributed by atoms with Gasteiger partial charge in [-0.25, -0.2) is 0 Å². The number of esters is 1. The Labute approximate surface area is 137 Å². The number of halogens is 1. The Kier molecular flexibility index (Phi) is 10.7. The maximum Gasteiger partial charge on any atom is 0.306 e. The molecule has 0 aromatic heterocycles. The van der Waals surface area contributed by atoms with E-state index in [1.54, 1.807) is 0 Å². The molecule has 0 amide bonds. The van der Waals surface area contributed by atoms with Crippen molar-refractivity contribution in [1.82, 2.24) is 0 Å². The molecule has 0 spiro atoms. The van der Waals surface area contributed by atoms with Gasteiger partial charge in [-0.15, -0.1) is 0 Å². The second-order valence-corrected chi connectivity index (χ2v) is 6.89. The van der Waals surface area contributed by atoms with Gasteiger partial charge in [-0.1, -0.05) is 45.4 Å². The topological polar surface area (TPSA) is 35.5 Å². The van der Waals surface area contributed by atoms with E-state index in [1.165, 1.54) is 32.1 Å². The molecule has 1 rings (SSSR count). The highest BCUT2D eigenvalue weighted by Gasteiger charge is 2.24. The van der Waals surface area contributed by atoms with E-state index >= 15 is 0 Å². The molecule has 3 nitrogen and oxygen atoms in total. The molecule has 0 saturated carbocycles. The highest BCUT2D eigenvalue weighted by Crippen LogP contribution is 2.26. The summed E-state index contributed by atoms with van der Waals surface area (Å²) in [5.74, 6) is 0.451. The van der Waals surface area contributed by atoms with E-state index in [2.05, 4.69) is 29.5 Å². The maximum absolute atomic E-state index is 11.8. The Hall–Kier alpha value is 0.160. The van der Waals surface area contributed by atoms with E-state index in [4.69, 9.17) is 9.47 Å². The van der Waals surface area contributed by atoms with Crippen LogP contribution in [0.2, 0.25) is 0 Å². The van der Waals surface area contributed by atoms with E-state index in [9.17, 15) is 4.79 Å². The molecule has 1 saturated heterocycles. The molecule has 0 aromatic carbocycles. The van der Waals surface area contributed by atoms with Gasteiger partial charge in [-0.2, -0.15) is 0 Å². The van der Waals surface area contributed by atoms with Crippen molar-refractivity contribution in [2.45, 2.75) is 75.2 Å². The fourth-order valence-electron chi connectivity index (χ4n) is 2.49. The lowest BCUT2D eigenvalue weighted by Crippen LogP contribution is -2.27. The molecule has 0 N–H and O–H groups in total. The van der Waals surface area contributed by atoms with Crippen molar-refractivity contribution in [2.24, 2.45) is 5.92 Å². The molecule has 0 aliphatic carbocycles. The Bertz CT molecular complexity index is 252. The van der Waals surface area contributed by atoms with E-state index < -0.39 is 0 Å². The lowest BCUT2D eigenvalue weighted by Gasteiger charge is -2.26. The molecule has 0 radical (unpaired) electrons. The highest BCUT2D eigenvalue weighted by atomic mass is 127. The standard InChI is InChI=1S/C16H29IO3/c1-2-3-4-5-6-7-8-9-15(18)20-16(17)14-10-12-19-13-11-14/h14,16H,2-13H2,1H3. The average Bonchev–Trinajstić information content (AvgIpc) is 2.47. The van der Waals surface area contributed by atoms with Gasteiger partial charge in [0.25, 0.3) is 0 Å². The van der Waals surface area contributed by atoms with Crippen LogP contribution in [0, 0.1) is 5.92 Å². The predicted molar refractivity (Wildman–Crippen MR) is 90.1 cm³/mol. The lowest BCUT2D eigenvalue weighted by molar-refractivity contribution is -0.147. The Morgan fingerprint density at radius 3 is 2.40 bits per heavy atom. The number of carbonyl (C=O) groups excluding carboxylic acids is 1. The molecular weight excluding hydrogens is 367 g/mol. The maximum atomic E-state index is 11.8. The minimum Gasteiger partial charge on any atom is -0.451 e. The van der Waals surface area contributed by atoms with Crippen LogP contribution in [-0.2, 0) is 14.3 Å². The van der Waals surface area contributed by atoms with Crippen LogP contribution in [0.1, 0.15) is 71.1 Å². The van der Waals surface area contributed by atoms with Gasteiger partial charge < -0.3 is 9.47 Å². The lowest BCUT2D eigenvalue weighted by atomic mass is 10.0. The van der Waals surface area contributed by atoms with Crippen LogP contribution in [0.25, 0.3) is 0 Å². The predicted octanol–water partition coefficient (Wildman–Crippen LogP) is 4.86. The van der Waals surface area contributed by atoms with Crippen molar-refractivity contribution in [3.05, 3.63) is 0 Å². The minimum absolute atomic E-state index is 0.0218. The van der Waals surface area contributed by atoms with Gasteiger partial charge >= 0.3 is 5.97 Å². The average molecular weight is 396 g/mol. The monoisotopic (exact) mass is 396 g/mol. The number of carbonyl (C=O) groups is 1. The van der Waals surface area contributed by atoms with Crippen molar-refractivity contribution >= 4 is 28.6 Å². The number of hydrogen-bond donors (Lipinski definition) is 0. The van der Waals surface area contributed by atoms with Gasteiger partial charge in [0, 0.05) is 25.6 Å². The van der Waals surface area contributed by atoms with Crippen molar-refractivity contribution in [3.63, 3.8) is 0 Å². The van der Waals surface area contributed by atoms with Crippen molar-refractivity contribution in [3.8, 4) is 0 Å². The summed E-state index contributed by atoms with van der Waals surface area (Å²) in [6.07, 6.45) is 11.2. The quantitative estimate of drug-likeness (QED) is 0.229. The Morgan fingerprint density at radius 2 is 1.75 bits per heavy atom. The van der Waals surface area contributed by atoms with Gasteiger partial charge in [0.15, 0.2) is 4.11 Å². The van der Waals surface area contributed by atoms with Gasteiger partial charge in [0.05, 0.1) is 0 Å². The van der Waals surface area contributed by atoms with Crippen LogP contribution in [0.3, 0.4) is 0 Å². The molecule has 118 valence electrons. The first-order valence-corrected chi connectivity index (χ1v) is 9.40. The van der Waals surface area contributed by atoms with Crippen molar-refractivity contribution in [1.29, 1.82) is 0 Å². The first kappa shape index (κ1) is 18.2. The summed E-state index contributed by atoms with van der Waals surface area (Å²) in [6.45, 7) is 3.84. The number of rotatable bonds is 10. The van der Waals surface area contributed by atoms with Crippen LogP contribution in [0.15, 0.2) is 0 Å². The van der Waals surface area contributed by atoms with Crippen molar-refractivity contribution < 1.29 is 14.3 Å². The SMILES string of the molecule is CCCCCCCCCC(=O)OC(I)C1CCOCC1. The first-order valence-electron chi connectivity index (χ1n) is 8.15. The largest absolute Gasteiger partial charge is 0.451 e. The second kappa shape index (κ2) is 11.8. The normalized spacial score (nSPS) is 17.9. The molecule has 0 aromatic rings. The summed E-state index contributed by atoms with van der Waals surface area (Å²) in [4.78, 5) is 11.8. The number of hydrogen-bond acceptors (Lipinski definition) is 3. The molecule has 1 aliphatic heterocycles. The molecule has 1 aliphatic rings. The summed E-state index contributed by atoms with van der Waals surface area (Å²) < 4.78 is 10.9. The summed E-state index contributed by atoms with van der Waals surface area (Å²) in [6, 6.07) is 0. The third-order valence-corrected chi connectivity index (χ3v) is 5.14. The summed E-state index contributed by atoms with van der Waals surface area (Å²) in [5.41, 5.74) is 0. The fourth-order valence-corrected chi connectivity index (χ4v) is 3.49. The van der Waals surface area contributed by atoms with E-state index in [0.717, 1.165) is 38.9 Å². The Morgan fingerprint density at radius 1 is 1.15 bits per heavy atom. The van der Waals surface area contributed by atoms with Crippen LogP contribution in [0.5, 0.6) is 0 Å². The zero-order valence-corrected chi connectivity index (χ0v) is 14.9. The van der Waals surface area contributed by atoms with Gasteiger partial charge in [-0.05, 0) is 41.9 Å². The smallest absolute Gasteiger partial charge is 0.306 e. The number of ether oxygens (including phenoxy) is 2. The molecule has 20 heavy (non-hydrogen) atoms.